The minimum Gasteiger partial charge on any atom is -0.497 e. The van der Waals surface area contributed by atoms with Crippen LogP contribution in [-0.4, -0.2) is 18.1 Å². The monoisotopic (exact) mass is 491 g/mol. The largest absolute Gasteiger partial charge is 0.497 e. The normalized spacial score (nSPS) is 14.4. The maximum Gasteiger partial charge on any atom is 0.339 e. The standard InChI is InChI=1S/C33H33NO3/c1-33(2,3)25-16-12-23(13-17-25)21-37-32(35)30-27-9-5-6-11-29(27)34-31-24(8-7-10-28(30)31)20-22-14-18-26(36-4)19-15-22/h5-6,9,11-20H,7-8,10,21H2,1-4H3. The SMILES string of the molecule is COc1ccc(C=C2CCCc3c2nc2ccccc2c3C(=O)OCc2ccc(C(C)(C)C)cc2)cc1. The van der Waals surface area contributed by atoms with E-state index < -0.39 is 0 Å². The number of fused-ring (bicyclic) bond motifs is 2. The van der Waals surface area contributed by atoms with E-state index in [4.69, 9.17) is 14.5 Å². The van der Waals surface area contributed by atoms with Gasteiger partial charge in [0.15, 0.2) is 0 Å². The number of ether oxygens (including phenoxy) is 2. The predicted octanol–water partition coefficient (Wildman–Crippen LogP) is 7.77. The average molecular weight is 492 g/mol. The molecule has 188 valence electrons. The van der Waals surface area contributed by atoms with Crippen molar-refractivity contribution >= 4 is 28.5 Å². The van der Waals surface area contributed by atoms with Gasteiger partial charge in [0.25, 0.3) is 0 Å². The molecule has 0 aliphatic heterocycles. The van der Waals surface area contributed by atoms with Gasteiger partial charge in [0, 0.05) is 5.39 Å². The van der Waals surface area contributed by atoms with Gasteiger partial charge in [0.2, 0.25) is 0 Å². The Labute approximate surface area is 219 Å². The van der Waals surface area contributed by atoms with E-state index in [1.807, 2.05) is 60.7 Å². The number of aromatic nitrogens is 1. The van der Waals surface area contributed by atoms with Crippen molar-refractivity contribution in [1.82, 2.24) is 4.98 Å². The predicted molar refractivity (Wildman–Crippen MR) is 150 cm³/mol. The second-order valence-corrected chi connectivity index (χ2v) is 10.7. The number of pyridine rings is 1. The van der Waals surface area contributed by atoms with Gasteiger partial charge in [-0.05, 0) is 76.8 Å². The van der Waals surface area contributed by atoms with Crippen LogP contribution >= 0.6 is 0 Å². The second-order valence-electron chi connectivity index (χ2n) is 10.7. The Hall–Kier alpha value is -3.92. The van der Waals surface area contributed by atoms with Crippen molar-refractivity contribution in [3.8, 4) is 5.75 Å². The molecule has 0 bridgehead atoms. The van der Waals surface area contributed by atoms with Crippen molar-refractivity contribution in [2.75, 3.05) is 7.11 Å². The number of carbonyl (C=O) groups excluding carboxylic acids is 1. The minimum absolute atomic E-state index is 0.0846. The highest BCUT2D eigenvalue weighted by atomic mass is 16.5. The molecule has 1 aromatic heterocycles. The summed E-state index contributed by atoms with van der Waals surface area (Å²) in [6, 6.07) is 24.2. The third kappa shape index (κ3) is 5.29. The molecule has 5 rings (SSSR count). The number of rotatable bonds is 5. The number of allylic oxidation sites excluding steroid dienone is 1. The summed E-state index contributed by atoms with van der Waals surface area (Å²) >= 11 is 0. The fourth-order valence-corrected chi connectivity index (χ4v) is 4.93. The number of hydrogen-bond donors (Lipinski definition) is 0. The minimum atomic E-state index is -0.291. The van der Waals surface area contributed by atoms with Crippen LogP contribution in [0, 0.1) is 0 Å². The summed E-state index contributed by atoms with van der Waals surface area (Å²) in [7, 11) is 1.67. The number of hydrogen-bond acceptors (Lipinski definition) is 4. The third-order valence-corrected chi connectivity index (χ3v) is 7.02. The molecule has 1 aliphatic carbocycles. The molecule has 37 heavy (non-hydrogen) atoms. The van der Waals surface area contributed by atoms with Crippen LogP contribution in [0.25, 0.3) is 22.6 Å². The molecule has 4 aromatic rings. The Bertz CT molecular complexity index is 1460. The smallest absolute Gasteiger partial charge is 0.339 e. The molecule has 1 aliphatic rings. The Morgan fingerprint density at radius 1 is 0.946 bits per heavy atom. The van der Waals surface area contributed by atoms with Gasteiger partial charge >= 0.3 is 5.97 Å². The van der Waals surface area contributed by atoms with E-state index in [9.17, 15) is 4.79 Å². The molecule has 0 saturated carbocycles. The van der Waals surface area contributed by atoms with E-state index in [1.54, 1.807) is 7.11 Å². The van der Waals surface area contributed by atoms with Crippen LogP contribution in [0.4, 0.5) is 0 Å². The van der Waals surface area contributed by atoms with Crippen LogP contribution < -0.4 is 4.74 Å². The summed E-state index contributed by atoms with van der Waals surface area (Å²) in [5, 5.41) is 0.847. The van der Waals surface area contributed by atoms with E-state index in [1.165, 1.54) is 5.56 Å². The van der Waals surface area contributed by atoms with E-state index in [0.29, 0.717) is 5.56 Å². The summed E-state index contributed by atoms with van der Waals surface area (Å²) in [6.07, 6.45) is 4.85. The molecule has 0 atom stereocenters. The lowest BCUT2D eigenvalue weighted by atomic mass is 9.86. The summed E-state index contributed by atoms with van der Waals surface area (Å²) in [4.78, 5) is 18.6. The van der Waals surface area contributed by atoms with Gasteiger partial charge in [0.05, 0.1) is 23.9 Å². The molecule has 3 aromatic carbocycles. The first-order valence-electron chi connectivity index (χ1n) is 12.9. The van der Waals surface area contributed by atoms with Gasteiger partial charge in [-0.2, -0.15) is 0 Å². The number of carbonyl (C=O) groups is 1. The zero-order valence-corrected chi connectivity index (χ0v) is 22.0. The van der Waals surface area contributed by atoms with Crippen molar-refractivity contribution in [1.29, 1.82) is 0 Å². The number of esters is 1. The lowest BCUT2D eigenvalue weighted by Gasteiger charge is -2.22. The summed E-state index contributed by atoms with van der Waals surface area (Å²) < 4.78 is 11.2. The quantitative estimate of drug-likeness (QED) is 0.268. The fourth-order valence-electron chi connectivity index (χ4n) is 4.93. The Kier molecular flexibility index (Phi) is 6.84. The molecule has 0 N–H and O–H groups in total. The summed E-state index contributed by atoms with van der Waals surface area (Å²) in [6.45, 7) is 6.81. The third-order valence-electron chi connectivity index (χ3n) is 7.02. The van der Waals surface area contributed by atoms with E-state index in [0.717, 1.165) is 63.9 Å². The van der Waals surface area contributed by atoms with Crippen LogP contribution in [0.15, 0.2) is 72.8 Å². The van der Waals surface area contributed by atoms with Gasteiger partial charge < -0.3 is 9.47 Å². The Morgan fingerprint density at radius 3 is 2.38 bits per heavy atom. The van der Waals surface area contributed by atoms with E-state index >= 15 is 0 Å². The van der Waals surface area contributed by atoms with Crippen molar-refractivity contribution in [2.45, 2.75) is 52.1 Å². The number of methoxy groups -OCH3 is 1. The highest BCUT2D eigenvalue weighted by molar-refractivity contribution is 6.06. The maximum atomic E-state index is 13.6. The first-order valence-corrected chi connectivity index (χ1v) is 12.9. The molecule has 4 nitrogen and oxygen atoms in total. The highest BCUT2D eigenvalue weighted by Crippen LogP contribution is 2.36. The van der Waals surface area contributed by atoms with Crippen molar-refractivity contribution in [3.63, 3.8) is 0 Å². The van der Waals surface area contributed by atoms with Gasteiger partial charge in [-0.3, -0.25) is 0 Å². The average Bonchev–Trinajstić information content (AvgIpc) is 2.91. The number of nitrogens with zero attached hydrogens (tertiary/aromatic N) is 1. The van der Waals surface area contributed by atoms with Gasteiger partial charge in [0.1, 0.15) is 12.4 Å². The zero-order valence-electron chi connectivity index (χ0n) is 22.0. The van der Waals surface area contributed by atoms with Crippen LogP contribution in [-0.2, 0) is 23.2 Å². The van der Waals surface area contributed by atoms with Crippen LogP contribution in [0.5, 0.6) is 5.75 Å². The van der Waals surface area contributed by atoms with Crippen molar-refractivity contribution in [2.24, 2.45) is 0 Å². The molecular formula is C33H33NO3. The first kappa shape index (κ1) is 24.8. The zero-order chi connectivity index (χ0) is 26.0. The molecule has 0 saturated heterocycles. The second kappa shape index (κ2) is 10.2. The lowest BCUT2D eigenvalue weighted by molar-refractivity contribution is 0.0473. The van der Waals surface area contributed by atoms with Crippen LogP contribution in [0.2, 0.25) is 0 Å². The Morgan fingerprint density at radius 2 is 1.68 bits per heavy atom. The van der Waals surface area contributed by atoms with Crippen LogP contribution in [0.1, 0.15) is 71.9 Å². The molecule has 0 fully saturated rings. The Balaban J connectivity index is 1.49. The highest BCUT2D eigenvalue weighted by Gasteiger charge is 2.26. The summed E-state index contributed by atoms with van der Waals surface area (Å²) in [5.41, 5.74) is 7.89. The molecular weight excluding hydrogens is 458 g/mol. The summed E-state index contributed by atoms with van der Waals surface area (Å²) in [5.74, 6) is 0.536. The van der Waals surface area contributed by atoms with Gasteiger partial charge in [-0.15, -0.1) is 0 Å². The van der Waals surface area contributed by atoms with Crippen molar-refractivity contribution in [3.05, 3.63) is 106 Å². The molecule has 4 heteroatoms. The van der Waals surface area contributed by atoms with Gasteiger partial charge in [-0.25, -0.2) is 9.78 Å². The maximum absolute atomic E-state index is 13.6. The number of para-hydroxylation sites is 1. The van der Waals surface area contributed by atoms with Gasteiger partial charge in [-0.1, -0.05) is 75.4 Å². The fraction of sp³-hybridized carbons (Fsp3) is 0.273. The topological polar surface area (TPSA) is 48.4 Å². The van der Waals surface area contributed by atoms with Crippen molar-refractivity contribution < 1.29 is 14.3 Å². The molecule has 0 radical (unpaired) electrons. The molecule has 1 heterocycles. The molecule has 0 spiro atoms. The lowest BCUT2D eigenvalue weighted by Crippen LogP contribution is -2.15. The molecule has 0 unspecified atom stereocenters. The number of benzene rings is 3. The van der Waals surface area contributed by atoms with E-state index in [-0.39, 0.29) is 18.0 Å². The first-order chi connectivity index (χ1) is 17.8. The van der Waals surface area contributed by atoms with Crippen LogP contribution in [0.3, 0.4) is 0 Å². The van der Waals surface area contributed by atoms with E-state index in [2.05, 4.69) is 39.0 Å². The molecule has 0 amide bonds.